The average Bonchev–Trinajstić information content (AvgIpc) is 1.86. The molecule has 0 aromatic rings. The molecule has 68 valence electrons. The zero-order chi connectivity index (χ0) is 8.36. The van der Waals surface area contributed by atoms with Crippen molar-refractivity contribution in [1.82, 2.24) is 0 Å². The normalized spacial score (nSPS) is 17.8. The molecule has 0 saturated carbocycles. The molecule has 0 aromatic carbocycles. The fourth-order valence-corrected chi connectivity index (χ4v) is 0.719. The van der Waals surface area contributed by atoms with Gasteiger partial charge in [0.25, 0.3) is 0 Å². The lowest BCUT2D eigenvalue weighted by Gasteiger charge is -2.23. The third kappa shape index (κ3) is 3.45. The van der Waals surface area contributed by atoms with E-state index in [4.69, 9.17) is 11.6 Å². The smallest absolute Gasteiger partial charge is 0.309 e. The van der Waals surface area contributed by atoms with Crippen LogP contribution in [0.3, 0.4) is 0 Å². The third-order valence-corrected chi connectivity index (χ3v) is 3.89. The van der Waals surface area contributed by atoms with Gasteiger partial charge in [0.1, 0.15) is 0 Å². The molecule has 2 unspecified atom stereocenters. The van der Waals surface area contributed by atoms with Crippen LogP contribution in [0.25, 0.3) is 0 Å². The van der Waals surface area contributed by atoms with Crippen LogP contribution in [0.5, 0.6) is 0 Å². The Kier molecular flexibility index (Phi) is 6.30. The molecule has 0 aliphatic carbocycles. The van der Waals surface area contributed by atoms with E-state index in [0.29, 0.717) is 0 Å². The summed E-state index contributed by atoms with van der Waals surface area (Å²) in [6, 6.07) is 0. The van der Waals surface area contributed by atoms with Crippen LogP contribution in [0.2, 0.25) is 5.04 Å². The van der Waals surface area contributed by atoms with Crippen LogP contribution < -0.4 is 0 Å². The Labute approximate surface area is 81.5 Å². The molecular formula is C6H14Cl2O2Si. The molecule has 0 aliphatic heterocycles. The quantitative estimate of drug-likeness (QED) is 0.387. The highest BCUT2D eigenvalue weighted by molar-refractivity contribution is 6.35. The Bertz CT molecular complexity index is 137. The molecule has 0 rings (SSSR count). The number of carbonyl (C=O) groups excluding carboxylic acids is 1. The summed E-state index contributed by atoms with van der Waals surface area (Å²) in [5, 5.41) is -0.595. The number of esters is 1. The lowest BCUT2D eigenvalue weighted by molar-refractivity contribution is -0.143. The second kappa shape index (κ2) is 5.01. The summed E-state index contributed by atoms with van der Waals surface area (Å²) >= 11 is 5.78. The monoisotopic (exact) mass is 216 g/mol. The van der Waals surface area contributed by atoms with Gasteiger partial charge in [-0.2, -0.15) is 0 Å². The van der Waals surface area contributed by atoms with Crippen molar-refractivity contribution in [3.63, 3.8) is 0 Å². The van der Waals surface area contributed by atoms with Gasteiger partial charge in [-0.05, 0) is 6.92 Å². The van der Waals surface area contributed by atoms with Gasteiger partial charge >= 0.3 is 5.97 Å². The Morgan fingerprint density at radius 3 is 2.18 bits per heavy atom. The Balaban J connectivity index is 0. The summed E-state index contributed by atoms with van der Waals surface area (Å²) in [5.41, 5.74) is 0. The molecule has 0 amide bonds. The van der Waals surface area contributed by atoms with Crippen LogP contribution in [0.15, 0.2) is 0 Å². The maximum atomic E-state index is 11.0. The summed E-state index contributed by atoms with van der Waals surface area (Å²) in [6.45, 7) is 3.63. The number of ether oxygens (including phenoxy) is 1. The molecule has 2 nitrogen and oxygen atoms in total. The lowest BCUT2D eigenvalue weighted by atomic mass is 10.1. The van der Waals surface area contributed by atoms with Crippen molar-refractivity contribution in [3.05, 3.63) is 0 Å². The van der Waals surface area contributed by atoms with Crippen LogP contribution >= 0.6 is 24.0 Å². The molecule has 0 radical (unpaired) electrons. The van der Waals surface area contributed by atoms with E-state index in [9.17, 15) is 4.79 Å². The first-order chi connectivity index (χ1) is 4.42. The number of methoxy groups -OCH3 is 1. The van der Waals surface area contributed by atoms with Crippen LogP contribution in [0.4, 0.5) is 0 Å². The van der Waals surface area contributed by atoms with Crippen LogP contribution in [-0.2, 0) is 9.53 Å². The Morgan fingerprint density at radius 1 is 1.73 bits per heavy atom. The van der Waals surface area contributed by atoms with Crippen LogP contribution in [0.1, 0.15) is 13.8 Å². The molecule has 0 fully saturated rings. The fraction of sp³-hybridized carbons (Fsp3) is 0.833. The Hall–Kier alpha value is 0.267. The first-order valence-corrected chi connectivity index (χ1v) is 4.59. The SMILES string of the molecule is COC(=O)C(C)([SiH3])C(C)Cl.Cl. The second-order valence-electron chi connectivity index (χ2n) is 2.83. The average molecular weight is 217 g/mol. The minimum atomic E-state index is -0.448. The van der Waals surface area contributed by atoms with Crippen molar-refractivity contribution in [1.29, 1.82) is 0 Å². The zero-order valence-electron chi connectivity index (χ0n) is 7.18. The zero-order valence-corrected chi connectivity index (χ0v) is 10.8. The predicted octanol–water partition coefficient (Wildman–Crippen LogP) is 0.752. The first-order valence-electron chi connectivity index (χ1n) is 3.15. The molecule has 0 N–H and O–H groups in total. The van der Waals surface area contributed by atoms with E-state index in [1.807, 2.05) is 13.8 Å². The minimum Gasteiger partial charge on any atom is -0.469 e. The third-order valence-electron chi connectivity index (χ3n) is 1.71. The topological polar surface area (TPSA) is 26.3 Å². The standard InChI is InChI=1S/C6H13ClO2Si.ClH/c1-4(7)6(2,10)5(8)9-3;/h4H,1-3,10H3;1H. The van der Waals surface area contributed by atoms with Gasteiger partial charge in [-0.1, -0.05) is 6.92 Å². The summed E-state index contributed by atoms with van der Waals surface area (Å²) in [7, 11) is 2.11. The Morgan fingerprint density at radius 2 is 2.09 bits per heavy atom. The summed E-state index contributed by atoms with van der Waals surface area (Å²) in [4.78, 5) is 11.0. The van der Waals surface area contributed by atoms with Gasteiger partial charge in [0.05, 0.1) is 12.1 Å². The second-order valence-corrected chi connectivity index (χ2v) is 5.56. The van der Waals surface area contributed by atoms with Crippen molar-refractivity contribution in [2.24, 2.45) is 0 Å². The highest BCUT2D eigenvalue weighted by Gasteiger charge is 2.33. The molecule has 11 heavy (non-hydrogen) atoms. The summed E-state index contributed by atoms with van der Waals surface area (Å²) in [5.74, 6) is -0.207. The van der Waals surface area contributed by atoms with Gasteiger partial charge in [-0.15, -0.1) is 24.0 Å². The van der Waals surface area contributed by atoms with Crippen molar-refractivity contribution in [2.45, 2.75) is 24.3 Å². The largest absolute Gasteiger partial charge is 0.469 e. The van der Waals surface area contributed by atoms with Crippen molar-refractivity contribution in [3.8, 4) is 0 Å². The van der Waals surface area contributed by atoms with Crippen molar-refractivity contribution < 1.29 is 9.53 Å². The number of halogens is 2. The highest BCUT2D eigenvalue weighted by atomic mass is 35.5. The number of hydrogen-bond acceptors (Lipinski definition) is 2. The minimum absolute atomic E-state index is 0. The van der Waals surface area contributed by atoms with E-state index in [1.54, 1.807) is 0 Å². The molecule has 5 heteroatoms. The molecule has 0 bridgehead atoms. The van der Waals surface area contributed by atoms with Crippen molar-refractivity contribution >= 4 is 40.2 Å². The molecule has 0 aromatic heterocycles. The van der Waals surface area contributed by atoms with E-state index in [-0.39, 0.29) is 23.8 Å². The molecule has 0 aliphatic rings. The van der Waals surface area contributed by atoms with E-state index in [0.717, 1.165) is 10.2 Å². The van der Waals surface area contributed by atoms with Gasteiger partial charge in [-0.25, -0.2) is 0 Å². The molecule has 2 atom stereocenters. The maximum Gasteiger partial charge on any atom is 0.309 e. The summed E-state index contributed by atoms with van der Waals surface area (Å²) < 4.78 is 4.59. The van der Waals surface area contributed by atoms with Crippen LogP contribution in [0, 0.1) is 0 Å². The van der Waals surface area contributed by atoms with E-state index >= 15 is 0 Å². The number of alkyl halides is 1. The predicted molar refractivity (Wildman–Crippen MR) is 52.9 cm³/mol. The highest BCUT2D eigenvalue weighted by Crippen LogP contribution is 2.30. The van der Waals surface area contributed by atoms with E-state index in [2.05, 4.69) is 4.74 Å². The number of hydrogen-bond donors (Lipinski definition) is 0. The maximum absolute atomic E-state index is 11.0. The first kappa shape index (κ1) is 13.8. The molecule has 0 spiro atoms. The van der Waals surface area contributed by atoms with Crippen LogP contribution in [-0.4, -0.2) is 28.7 Å². The van der Waals surface area contributed by atoms with E-state index in [1.165, 1.54) is 7.11 Å². The molecule has 0 heterocycles. The number of carbonyl (C=O) groups is 1. The van der Waals surface area contributed by atoms with Gasteiger partial charge in [0.2, 0.25) is 0 Å². The lowest BCUT2D eigenvalue weighted by Crippen LogP contribution is -2.29. The van der Waals surface area contributed by atoms with Gasteiger partial charge in [0.15, 0.2) is 0 Å². The van der Waals surface area contributed by atoms with Gasteiger partial charge in [0, 0.05) is 15.6 Å². The van der Waals surface area contributed by atoms with Gasteiger partial charge in [-0.3, -0.25) is 4.79 Å². The van der Waals surface area contributed by atoms with Crippen molar-refractivity contribution in [2.75, 3.05) is 7.11 Å². The van der Waals surface area contributed by atoms with E-state index < -0.39 is 5.04 Å². The summed E-state index contributed by atoms with van der Waals surface area (Å²) in [6.07, 6.45) is 0. The fourth-order valence-electron chi connectivity index (χ4n) is 0.425. The number of rotatable bonds is 2. The molecule has 0 saturated heterocycles. The molecular weight excluding hydrogens is 203 g/mol. The van der Waals surface area contributed by atoms with Gasteiger partial charge < -0.3 is 4.74 Å².